The van der Waals surface area contributed by atoms with Crippen LogP contribution in [0.5, 0.6) is 11.5 Å². The Morgan fingerprint density at radius 3 is 2.58 bits per heavy atom. The average Bonchev–Trinajstić information content (AvgIpc) is 2.41. The first-order valence-corrected chi connectivity index (χ1v) is 6.09. The minimum Gasteiger partial charge on any atom is -0.456 e. The van der Waals surface area contributed by atoms with Crippen molar-refractivity contribution < 1.29 is 4.74 Å². The van der Waals surface area contributed by atoms with Crippen molar-refractivity contribution in [1.82, 2.24) is 4.98 Å². The van der Waals surface area contributed by atoms with Gasteiger partial charge in [-0.2, -0.15) is 0 Å². The molecule has 0 bridgehead atoms. The maximum absolute atomic E-state index is 11.6. The number of nitrogens with one attached hydrogen (secondary N) is 1. The molecule has 3 heteroatoms. The molecule has 1 heterocycles. The highest BCUT2D eigenvalue weighted by Crippen LogP contribution is 2.27. The highest BCUT2D eigenvalue weighted by Gasteiger charge is 2.06. The number of hydrogen-bond acceptors (Lipinski definition) is 2. The van der Waals surface area contributed by atoms with Gasteiger partial charge >= 0.3 is 0 Å². The van der Waals surface area contributed by atoms with E-state index in [1.165, 1.54) is 6.07 Å². The van der Waals surface area contributed by atoms with E-state index in [1.54, 1.807) is 0 Å². The Bertz CT molecular complexity index is 776. The van der Waals surface area contributed by atoms with E-state index in [9.17, 15) is 4.79 Å². The number of rotatable bonds is 2. The molecule has 0 radical (unpaired) electrons. The molecule has 0 saturated carbocycles. The summed E-state index contributed by atoms with van der Waals surface area (Å²) in [5.74, 6) is 1.30. The fraction of sp³-hybridized carbons (Fsp3) is 0.0625. The molecule has 3 nitrogen and oxygen atoms in total. The van der Waals surface area contributed by atoms with Crippen LogP contribution < -0.4 is 10.3 Å². The van der Waals surface area contributed by atoms with Gasteiger partial charge in [-0.3, -0.25) is 4.79 Å². The van der Waals surface area contributed by atoms with Crippen LogP contribution in [0.4, 0.5) is 0 Å². The van der Waals surface area contributed by atoms with Crippen molar-refractivity contribution >= 4 is 10.9 Å². The van der Waals surface area contributed by atoms with Crippen molar-refractivity contribution in [2.75, 3.05) is 0 Å². The Balaban J connectivity index is 2.17. The fourth-order valence-corrected chi connectivity index (χ4v) is 2.04. The quantitative estimate of drug-likeness (QED) is 0.755. The monoisotopic (exact) mass is 251 g/mol. The number of H-pyrrole nitrogens is 1. The number of para-hydroxylation sites is 1. The SMILES string of the molecule is Cc1ccc2[nH]c(=O)cc(Oc3ccccc3)c2c1. The van der Waals surface area contributed by atoms with E-state index < -0.39 is 0 Å². The van der Waals surface area contributed by atoms with Gasteiger partial charge in [-0.1, -0.05) is 29.8 Å². The van der Waals surface area contributed by atoms with E-state index in [2.05, 4.69) is 4.98 Å². The van der Waals surface area contributed by atoms with Gasteiger partial charge in [0.15, 0.2) is 0 Å². The Labute approximate surface area is 110 Å². The maximum atomic E-state index is 11.6. The van der Waals surface area contributed by atoms with Crippen molar-refractivity contribution in [2.24, 2.45) is 0 Å². The Kier molecular flexibility index (Phi) is 2.80. The van der Waals surface area contributed by atoms with Gasteiger partial charge in [-0.25, -0.2) is 0 Å². The van der Waals surface area contributed by atoms with Gasteiger partial charge in [0.25, 0.3) is 5.56 Å². The van der Waals surface area contributed by atoms with Crippen LogP contribution in [0.3, 0.4) is 0 Å². The zero-order chi connectivity index (χ0) is 13.2. The number of fused-ring (bicyclic) bond motifs is 1. The van der Waals surface area contributed by atoms with Crippen molar-refractivity contribution in [3.05, 3.63) is 70.5 Å². The molecule has 0 spiro atoms. The Morgan fingerprint density at radius 1 is 1.00 bits per heavy atom. The first-order chi connectivity index (χ1) is 9.22. The van der Waals surface area contributed by atoms with Crippen LogP contribution in [-0.4, -0.2) is 4.98 Å². The third-order valence-electron chi connectivity index (χ3n) is 2.93. The summed E-state index contributed by atoms with van der Waals surface area (Å²) in [6.45, 7) is 2.01. The molecule has 19 heavy (non-hydrogen) atoms. The number of benzene rings is 2. The molecule has 3 rings (SSSR count). The molecule has 0 aliphatic carbocycles. The first-order valence-electron chi connectivity index (χ1n) is 6.09. The lowest BCUT2D eigenvalue weighted by atomic mass is 10.1. The van der Waals surface area contributed by atoms with Crippen LogP contribution in [0.25, 0.3) is 10.9 Å². The molecule has 1 aromatic heterocycles. The number of hydrogen-bond donors (Lipinski definition) is 1. The lowest BCUT2D eigenvalue weighted by Gasteiger charge is -2.09. The smallest absolute Gasteiger partial charge is 0.252 e. The van der Waals surface area contributed by atoms with Gasteiger partial charge in [0, 0.05) is 11.5 Å². The molecular weight excluding hydrogens is 238 g/mol. The van der Waals surface area contributed by atoms with Crippen LogP contribution in [0.15, 0.2) is 59.4 Å². The third-order valence-corrected chi connectivity index (χ3v) is 2.93. The molecule has 0 saturated heterocycles. The number of aryl methyl sites for hydroxylation is 1. The molecule has 0 atom stereocenters. The Morgan fingerprint density at radius 2 is 1.79 bits per heavy atom. The van der Waals surface area contributed by atoms with Crippen molar-refractivity contribution in [3.63, 3.8) is 0 Å². The number of aromatic amines is 1. The normalized spacial score (nSPS) is 10.6. The van der Waals surface area contributed by atoms with Crippen molar-refractivity contribution in [3.8, 4) is 11.5 Å². The molecule has 0 unspecified atom stereocenters. The summed E-state index contributed by atoms with van der Waals surface area (Å²) < 4.78 is 5.81. The molecule has 1 N–H and O–H groups in total. The predicted molar refractivity (Wildman–Crippen MR) is 75.8 cm³/mol. The van der Waals surface area contributed by atoms with Crippen molar-refractivity contribution in [1.29, 1.82) is 0 Å². The third kappa shape index (κ3) is 2.36. The average molecular weight is 251 g/mol. The molecule has 0 amide bonds. The largest absolute Gasteiger partial charge is 0.456 e. The zero-order valence-corrected chi connectivity index (χ0v) is 10.5. The molecule has 3 aromatic rings. The first kappa shape index (κ1) is 11.5. The maximum Gasteiger partial charge on any atom is 0.252 e. The van der Waals surface area contributed by atoms with Gasteiger partial charge in [0.2, 0.25) is 0 Å². The molecule has 0 aliphatic heterocycles. The van der Waals surface area contributed by atoms with E-state index >= 15 is 0 Å². The van der Waals surface area contributed by atoms with Crippen LogP contribution in [0, 0.1) is 6.92 Å². The van der Waals surface area contributed by atoms with E-state index in [-0.39, 0.29) is 5.56 Å². The second-order valence-electron chi connectivity index (χ2n) is 4.46. The minimum atomic E-state index is -0.165. The molecule has 0 aliphatic rings. The van der Waals surface area contributed by atoms with Gasteiger partial charge in [-0.15, -0.1) is 0 Å². The van der Waals surface area contributed by atoms with Crippen LogP contribution in [0.1, 0.15) is 5.56 Å². The minimum absolute atomic E-state index is 0.165. The van der Waals surface area contributed by atoms with Gasteiger partial charge in [-0.05, 0) is 31.2 Å². The Hall–Kier alpha value is -2.55. The van der Waals surface area contributed by atoms with E-state index in [0.717, 1.165) is 22.2 Å². The van der Waals surface area contributed by atoms with E-state index in [4.69, 9.17) is 4.74 Å². The van der Waals surface area contributed by atoms with E-state index in [1.807, 2.05) is 55.5 Å². The number of ether oxygens (including phenoxy) is 1. The lowest BCUT2D eigenvalue weighted by Crippen LogP contribution is -2.04. The molecule has 0 fully saturated rings. The topological polar surface area (TPSA) is 42.1 Å². The van der Waals surface area contributed by atoms with E-state index in [0.29, 0.717) is 5.75 Å². The molecular formula is C16H13NO2. The van der Waals surface area contributed by atoms with Crippen LogP contribution >= 0.6 is 0 Å². The molecule has 94 valence electrons. The molecule has 2 aromatic carbocycles. The van der Waals surface area contributed by atoms with Gasteiger partial charge < -0.3 is 9.72 Å². The highest BCUT2D eigenvalue weighted by molar-refractivity contribution is 5.85. The summed E-state index contributed by atoms with van der Waals surface area (Å²) in [5.41, 5.74) is 1.74. The van der Waals surface area contributed by atoms with Crippen molar-refractivity contribution in [2.45, 2.75) is 6.92 Å². The van der Waals surface area contributed by atoms with Gasteiger partial charge in [0.1, 0.15) is 11.5 Å². The summed E-state index contributed by atoms with van der Waals surface area (Å²) in [7, 11) is 0. The standard InChI is InChI=1S/C16H13NO2/c1-11-7-8-14-13(9-11)15(10-16(18)17-14)19-12-5-3-2-4-6-12/h2-10H,1H3,(H,17,18). The summed E-state index contributed by atoms with van der Waals surface area (Å²) >= 11 is 0. The number of pyridine rings is 1. The summed E-state index contributed by atoms with van der Waals surface area (Å²) in [4.78, 5) is 14.5. The summed E-state index contributed by atoms with van der Waals surface area (Å²) in [5, 5.41) is 0.906. The predicted octanol–water partition coefficient (Wildman–Crippen LogP) is 3.63. The second-order valence-corrected chi connectivity index (χ2v) is 4.46. The summed E-state index contributed by atoms with van der Waals surface area (Å²) in [6.07, 6.45) is 0. The summed E-state index contributed by atoms with van der Waals surface area (Å²) in [6, 6.07) is 16.8. The fourth-order valence-electron chi connectivity index (χ4n) is 2.04. The highest BCUT2D eigenvalue weighted by atomic mass is 16.5. The zero-order valence-electron chi connectivity index (χ0n) is 10.5. The van der Waals surface area contributed by atoms with Gasteiger partial charge in [0.05, 0.1) is 5.52 Å². The van der Waals surface area contributed by atoms with Crippen LogP contribution in [-0.2, 0) is 0 Å². The second kappa shape index (κ2) is 4.61. The lowest BCUT2D eigenvalue weighted by molar-refractivity contribution is 0.487. The van der Waals surface area contributed by atoms with Crippen LogP contribution in [0.2, 0.25) is 0 Å². The number of aromatic nitrogens is 1.